The first-order valence-electron chi connectivity index (χ1n) is 7.25. The van der Waals surface area contributed by atoms with Crippen LogP contribution in [0.15, 0.2) is 24.3 Å². The number of benzene rings is 1. The Bertz CT molecular complexity index is 471. The Balaban J connectivity index is 2.01. The number of hydrogen-bond donors (Lipinski definition) is 1. The number of piperazine rings is 1. The van der Waals surface area contributed by atoms with Gasteiger partial charge >= 0.3 is 0 Å². The highest BCUT2D eigenvalue weighted by Crippen LogP contribution is 2.17. The summed E-state index contributed by atoms with van der Waals surface area (Å²) in [7, 11) is 0. The lowest BCUT2D eigenvalue weighted by atomic mass is 10.0. The molecule has 0 spiro atoms. The van der Waals surface area contributed by atoms with Crippen LogP contribution in [0.5, 0.6) is 0 Å². The number of nitrogens with zero attached hydrogens (tertiary/aromatic N) is 2. The fraction of sp³-hybridized carbons (Fsp3) is 0.562. The second-order valence-electron chi connectivity index (χ2n) is 6.35. The van der Waals surface area contributed by atoms with Crippen LogP contribution in [0.25, 0.3) is 0 Å². The van der Waals surface area contributed by atoms with E-state index in [1.54, 1.807) is 0 Å². The van der Waals surface area contributed by atoms with Crippen molar-refractivity contribution >= 4 is 5.91 Å². The molecule has 0 aromatic heterocycles. The van der Waals surface area contributed by atoms with Crippen LogP contribution in [0.4, 0.5) is 0 Å². The van der Waals surface area contributed by atoms with Crippen LogP contribution in [0.2, 0.25) is 0 Å². The Hall–Kier alpha value is -1.39. The van der Waals surface area contributed by atoms with Gasteiger partial charge in [0.25, 0.3) is 5.91 Å². The van der Waals surface area contributed by atoms with Gasteiger partial charge in [-0.3, -0.25) is 9.69 Å². The van der Waals surface area contributed by atoms with Crippen molar-refractivity contribution in [3.8, 4) is 0 Å². The molecular formula is C16H25N3O. The molecule has 4 nitrogen and oxygen atoms in total. The van der Waals surface area contributed by atoms with Gasteiger partial charge in [0.1, 0.15) is 0 Å². The smallest absolute Gasteiger partial charge is 0.253 e. The molecule has 1 aliphatic heterocycles. The van der Waals surface area contributed by atoms with E-state index in [1.807, 2.05) is 29.2 Å². The average molecular weight is 275 g/mol. The summed E-state index contributed by atoms with van der Waals surface area (Å²) in [5.41, 5.74) is 7.56. The van der Waals surface area contributed by atoms with Crippen molar-refractivity contribution in [3.05, 3.63) is 35.4 Å². The first-order chi connectivity index (χ1) is 9.41. The minimum Gasteiger partial charge on any atom is -0.336 e. The molecule has 4 heteroatoms. The maximum Gasteiger partial charge on any atom is 0.253 e. The number of rotatable bonds is 2. The molecule has 0 radical (unpaired) electrons. The summed E-state index contributed by atoms with van der Waals surface area (Å²) in [6, 6.07) is 7.63. The summed E-state index contributed by atoms with van der Waals surface area (Å²) in [5.74, 6) is 0.119. The van der Waals surface area contributed by atoms with E-state index in [2.05, 4.69) is 25.7 Å². The van der Waals surface area contributed by atoms with Gasteiger partial charge in [-0.05, 0) is 38.5 Å². The number of carbonyl (C=O) groups is 1. The summed E-state index contributed by atoms with van der Waals surface area (Å²) >= 11 is 0. The first kappa shape index (κ1) is 15.0. The molecule has 1 aromatic carbocycles. The predicted molar refractivity (Wildman–Crippen MR) is 81.6 cm³/mol. The van der Waals surface area contributed by atoms with E-state index in [9.17, 15) is 4.79 Å². The van der Waals surface area contributed by atoms with E-state index in [-0.39, 0.29) is 11.4 Å². The third kappa shape index (κ3) is 3.38. The molecule has 0 saturated carbocycles. The van der Waals surface area contributed by atoms with Crippen LogP contribution in [-0.2, 0) is 6.54 Å². The van der Waals surface area contributed by atoms with Gasteiger partial charge in [-0.2, -0.15) is 0 Å². The van der Waals surface area contributed by atoms with Crippen molar-refractivity contribution in [2.75, 3.05) is 26.2 Å². The van der Waals surface area contributed by atoms with Crippen LogP contribution in [-0.4, -0.2) is 47.4 Å². The summed E-state index contributed by atoms with van der Waals surface area (Å²) in [6.45, 7) is 10.6. The van der Waals surface area contributed by atoms with Gasteiger partial charge in [0.2, 0.25) is 0 Å². The van der Waals surface area contributed by atoms with Crippen molar-refractivity contribution in [3.63, 3.8) is 0 Å². The Morgan fingerprint density at radius 3 is 2.40 bits per heavy atom. The zero-order chi connectivity index (χ0) is 14.8. The van der Waals surface area contributed by atoms with Gasteiger partial charge < -0.3 is 10.6 Å². The predicted octanol–water partition coefficient (Wildman–Crippen LogP) is 1.70. The zero-order valence-electron chi connectivity index (χ0n) is 12.7. The lowest BCUT2D eigenvalue weighted by Crippen LogP contribution is -2.54. The number of hydrogen-bond acceptors (Lipinski definition) is 3. The van der Waals surface area contributed by atoms with Crippen molar-refractivity contribution in [2.45, 2.75) is 32.9 Å². The topological polar surface area (TPSA) is 49.6 Å². The molecule has 2 N–H and O–H groups in total. The van der Waals surface area contributed by atoms with E-state index in [4.69, 9.17) is 5.73 Å². The lowest BCUT2D eigenvalue weighted by Gasteiger charge is -2.42. The van der Waals surface area contributed by atoms with Crippen molar-refractivity contribution < 1.29 is 4.79 Å². The Morgan fingerprint density at radius 1 is 1.20 bits per heavy atom. The fourth-order valence-corrected chi connectivity index (χ4v) is 2.59. The number of carbonyl (C=O) groups excluding carboxylic acids is 1. The molecular weight excluding hydrogens is 250 g/mol. The summed E-state index contributed by atoms with van der Waals surface area (Å²) in [5, 5.41) is 0. The van der Waals surface area contributed by atoms with Crippen LogP contribution < -0.4 is 5.73 Å². The second kappa shape index (κ2) is 5.94. The van der Waals surface area contributed by atoms with Gasteiger partial charge in [-0.15, -0.1) is 0 Å². The quantitative estimate of drug-likeness (QED) is 0.894. The summed E-state index contributed by atoms with van der Waals surface area (Å²) in [6.07, 6.45) is 0. The molecule has 1 amide bonds. The van der Waals surface area contributed by atoms with E-state index in [0.29, 0.717) is 6.54 Å². The van der Waals surface area contributed by atoms with E-state index in [0.717, 1.165) is 37.3 Å². The second-order valence-corrected chi connectivity index (χ2v) is 6.35. The minimum atomic E-state index is 0.119. The third-order valence-electron chi connectivity index (χ3n) is 3.93. The fourth-order valence-electron chi connectivity index (χ4n) is 2.59. The van der Waals surface area contributed by atoms with Crippen molar-refractivity contribution in [1.29, 1.82) is 0 Å². The van der Waals surface area contributed by atoms with E-state index < -0.39 is 0 Å². The van der Waals surface area contributed by atoms with Crippen LogP contribution in [0.3, 0.4) is 0 Å². The normalized spacial score (nSPS) is 17.3. The highest BCUT2D eigenvalue weighted by atomic mass is 16.2. The minimum absolute atomic E-state index is 0.119. The molecule has 0 bridgehead atoms. The molecule has 0 atom stereocenters. The first-order valence-corrected chi connectivity index (χ1v) is 7.25. The molecule has 1 heterocycles. The van der Waals surface area contributed by atoms with E-state index in [1.165, 1.54) is 0 Å². The lowest BCUT2D eigenvalue weighted by molar-refractivity contribution is 0.0451. The standard InChI is InChI=1S/C16H25N3O/c1-16(2,3)19-9-7-18(8-10-19)15(20)14-6-4-5-13(11-14)12-17/h4-6,11H,7-10,12,17H2,1-3H3. The van der Waals surface area contributed by atoms with Gasteiger partial charge in [0, 0.05) is 43.8 Å². The summed E-state index contributed by atoms with van der Waals surface area (Å²) in [4.78, 5) is 16.9. The van der Waals surface area contributed by atoms with E-state index >= 15 is 0 Å². The maximum atomic E-state index is 12.5. The molecule has 20 heavy (non-hydrogen) atoms. The molecule has 1 aromatic rings. The van der Waals surface area contributed by atoms with Crippen molar-refractivity contribution in [2.24, 2.45) is 5.73 Å². The van der Waals surface area contributed by atoms with Crippen molar-refractivity contribution in [1.82, 2.24) is 9.80 Å². The zero-order valence-corrected chi connectivity index (χ0v) is 12.7. The maximum absolute atomic E-state index is 12.5. The Labute approximate surface area is 121 Å². The molecule has 1 aliphatic rings. The van der Waals surface area contributed by atoms with Crippen LogP contribution >= 0.6 is 0 Å². The monoisotopic (exact) mass is 275 g/mol. The SMILES string of the molecule is CC(C)(C)N1CCN(C(=O)c2cccc(CN)c2)CC1. The van der Waals surface area contributed by atoms with Gasteiger partial charge in [0.15, 0.2) is 0 Å². The Morgan fingerprint density at radius 2 is 1.85 bits per heavy atom. The highest BCUT2D eigenvalue weighted by Gasteiger charge is 2.28. The Kier molecular flexibility index (Phi) is 4.45. The molecule has 1 saturated heterocycles. The molecule has 0 aliphatic carbocycles. The molecule has 2 rings (SSSR count). The number of amides is 1. The van der Waals surface area contributed by atoms with Crippen LogP contribution in [0.1, 0.15) is 36.7 Å². The van der Waals surface area contributed by atoms with Gasteiger partial charge in [-0.25, -0.2) is 0 Å². The van der Waals surface area contributed by atoms with Gasteiger partial charge in [-0.1, -0.05) is 12.1 Å². The highest BCUT2D eigenvalue weighted by molar-refractivity contribution is 5.94. The van der Waals surface area contributed by atoms with Gasteiger partial charge in [0.05, 0.1) is 0 Å². The third-order valence-corrected chi connectivity index (χ3v) is 3.93. The summed E-state index contributed by atoms with van der Waals surface area (Å²) < 4.78 is 0. The molecule has 110 valence electrons. The average Bonchev–Trinajstić information content (AvgIpc) is 2.46. The molecule has 0 unspecified atom stereocenters. The largest absolute Gasteiger partial charge is 0.336 e. The van der Waals surface area contributed by atoms with Crippen LogP contribution in [0, 0.1) is 0 Å². The number of nitrogens with two attached hydrogens (primary N) is 1. The molecule has 1 fully saturated rings.